The van der Waals surface area contributed by atoms with Gasteiger partial charge in [0, 0.05) is 38.1 Å². The lowest BCUT2D eigenvalue weighted by molar-refractivity contribution is -0.384. The van der Waals surface area contributed by atoms with Crippen LogP contribution in [0.5, 0.6) is 11.5 Å². The van der Waals surface area contributed by atoms with Crippen molar-refractivity contribution in [3.63, 3.8) is 0 Å². The number of hydrogen-bond donors (Lipinski definition) is 0. The molecule has 1 amide bonds. The molecule has 8 nitrogen and oxygen atoms in total. The van der Waals surface area contributed by atoms with Crippen molar-refractivity contribution in [1.29, 1.82) is 0 Å². The number of amides is 1. The van der Waals surface area contributed by atoms with Gasteiger partial charge in [-0.1, -0.05) is 18.2 Å². The second-order valence-corrected chi connectivity index (χ2v) is 7.25. The Balaban J connectivity index is 1.60. The van der Waals surface area contributed by atoms with Crippen LogP contribution in [0.15, 0.2) is 42.5 Å². The summed E-state index contributed by atoms with van der Waals surface area (Å²) in [6.07, 6.45) is -3.93. The highest BCUT2D eigenvalue weighted by Crippen LogP contribution is 2.44. The largest absolute Gasteiger partial charge is 0.586 e. The molecule has 0 bridgehead atoms. The molecule has 4 rings (SSSR count). The third-order valence-electron chi connectivity index (χ3n) is 5.22. The Kier molecular flexibility index (Phi) is 4.64. The van der Waals surface area contributed by atoms with Crippen LogP contribution in [0.4, 0.5) is 14.5 Å². The van der Waals surface area contributed by atoms with Crippen molar-refractivity contribution < 1.29 is 32.8 Å². The van der Waals surface area contributed by atoms with Crippen LogP contribution in [0.3, 0.4) is 0 Å². The fraction of sp³-hybridized carbons (Fsp3) is 0.300. The third-order valence-corrected chi connectivity index (χ3v) is 5.22. The van der Waals surface area contributed by atoms with Crippen LogP contribution in [0, 0.1) is 16.0 Å². The number of nitro benzene ring substituents is 1. The molecule has 156 valence electrons. The summed E-state index contributed by atoms with van der Waals surface area (Å²) in [5.74, 6) is -2.69. The highest BCUT2D eigenvalue weighted by molar-refractivity contribution is 6.04. The summed E-state index contributed by atoms with van der Waals surface area (Å²) in [7, 11) is 1.55. The van der Waals surface area contributed by atoms with Crippen molar-refractivity contribution in [2.45, 2.75) is 18.6 Å². The van der Waals surface area contributed by atoms with Crippen LogP contribution in [0.25, 0.3) is 0 Å². The number of non-ortho nitro benzene ring substituents is 1. The topological polar surface area (TPSA) is 99.0 Å². The van der Waals surface area contributed by atoms with Crippen LogP contribution in [0.2, 0.25) is 0 Å². The zero-order valence-corrected chi connectivity index (χ0v) is 15.7. The van der Waals surface area contributed by atoms with Crippen molar-refractivity contribution in [1.82, 2.24) is 4.90 Å². The molecule has 30 heavy (non-hydrogen) atoms. The number of carbonyl (C=O) groups excluding carboxylic acids is 2. The van der Waals surface area contributed by atoms with Gasteiger partial charge in [0.25, 0.3) is 5.69 Å². The number of alkyl halides is 2. The molecule has 0 aliphatic carbocycles. The van der Waals surface area contributed by atoms with Gasteiger partial charge in [-0.3, -0.25) is 19.7 Å². The highest BCUT2D eigenvalue weighted by Gasteiger charge is 2.46. The third kappa shape index (κ3) is 3.56. The summed E-state index contributed by atoms with van der Waals surface area (Å²) < 4.78 is 35.5. The Morgan fingerprint density at radius 1 is 1.23 bits per heavy atom. The van der Waals surface area contributed by atoms with Crippen LogP contribution in [0.1, 0.15) is 17.0 Å². The molecule has 2 atom stereocenters. The van der Waals surface area contributed by atoms with E-state index in [9.17, 15) is 28.5 Å². The van der Waals surface area contributed by atoms with Gasteiger partial charge in [-0.25, -0.2) is 0 Å². The van der Waals surface area contributed by atoms with E-state index in [4.69, 9.17) is 0 Å². The summed E-state index contributed by atoms with van der Waals surface area (Å²) in [5, 5.41) is 11.0. The SMILES string of the molecule is CN1C[C@H](c2ccc3c(c2)OC(F)(F)O3)[C@@H](C(=O)Cc2cccc([N+](=O)[O-])c2)C1=O. The van der Waals surface area contributed by atoms with E-state index < -0.39 is 34.7 Å². The van der Waals surface area contributed by atoms with Gasteiger partial charge in [-0.15, -0.1) is 8.78 Å². The van der Waals surface area contributed by atoms with E-state index in [1.54, 1.807) is 13.1 Å². The molecule has 2 aliphatic rings. The minimum absolute atomic E-state index is 0.124. The van der Waals surface area contributed by atoms with E-state index in [0.29, 0.717) is 11.1 Å². The molecule has 10 heteroatoms. The van der Waals surface area contributed by atoms with Crippen molar-refractivity contribution >= 4 is 17.4 Å². The molecule has 2 aliphatic heterocycles. The molecule has 2 aromatic carbocycles. The maximum Gasteiger partial charge on any atom is 0.586 e. The monoisotopic (exact) mass is 418 g/mol. The summed E-state index contributed by atoms with van der Waals surface area (Å²) in [6, 6.07) is 9.84. The van der Waals surface area contributed by atoms with Gasteiger partial charge in [0.2, 0.25) is 5.91 Å². The fourth-order valence-electron chi connectivity index (χ4n) is 3.85. The molecule has 0 spiro atoms. The number of ketones is 1. The number of carbonyl (C=O) groups is 2. The summed E-state index contributed by atoms with van der Waals surface area (Å²) in [5.41, 5.74) is 0.759. The number of likely N-dealkylation sites (tertiary alicyclic amines) is 1. The normalized spacial score (nSPS) is 21.7. The van der Waals surface area contributed by atoms with Crippen LogP contribution in [-0.2, 0) is 16.0 Å². The fourth-order valence-corrected chi connectivity index (χ4v) is 3.85. The molecule has 0 N–H and O–H groups in total. The second kappa shape index (κ2) is 7.05. The predicted octanol–water partition coefficient (Wildman–Crippen LogP) is 2.90. The molecule has 1 saturated heterocycles. The first kappa shape index (κ1) is 19.7. The van der Waals surface area contributed by atoms with Gasteiger partial charge in [-0.05, 0) is 23.3 Å². The van der Waals surface area contributed by atoms with Gasteiger partial charge in [0.15, 0.2) is 11.5 Å². The first-order valence-corrected chi connectivity index (χ1v) is 9.05. The first-order chi connectivity index (χ1) is 14.1. The van der Waals surface area contributed by atoms with E-state index in [-0.39, 0.29) is 30.2 Å². The maximum absolute atomic E-state index is 13.3. The van der Waals surface area contributed by atoms with Crippen LogP contribution >= 0.6 is 0 Å². The molecule has 2 aromatic rings. The Labute approximate surface area is 169 Å². The Morgan fingerprint density at radius 2 is 1.97 bits per heavy atom. The highest BCUT2D eigenvalue weighted by atomic mass is 19.3. The lowest BCUT2D eigenvalue weighted by Crippen LogP contribution is -2.29. The Bertz CT molecular complexity index is 1060. The number of rotatable bonds is 5. The molecule has 0 saturated carbocycles. The number of ether oxygens (including phenoxy) is 2. The number of benzene rings is 2. The van der Waals surface area contributed by atoms with E-state index in [2.05, 4.69) is 9.47 Å². The van der Waals surface area contributed by atoms with Crippen molar-refractivity contribution in [3.05, 3.63) is 63.7 Å². The summed E-state index contributed by atoms with van der Waals surface area (Å²) >= 11 is 0. The molecular weight excluding hydrogens is 402 g/mol. The molecule has 0 unspecified atom stereocenters. The molecule has 0 aromatic heterocycles. The first-order valence-electron chi connectivity index (χ1n) is 9.05. The average molecular weight is 418 g/mol. The smallest absolute Gasteiger partial charge is 0.395 e. The number of nitro groups is 1. The number of Topliss-reactive ketones (excluding diaryl/α,β-unsaturated/α-hetero) is 1. The van der Waals surface area contributed by atoms with Gasteiger partial charge in [0.1, 0.15) is 11.7 Å². The number of hydrogen-bond acceptors (Lipinski definition) is 6. The minimum atomic E-state index is -3.76. The lowest BCUT2D eigenvalue weighted by Gasteiger charge is -2.16. The van der Waals surface area contributed by atoms with Crippen LogP contribution < -0.4 is 9.47 Å². The zero-order valence-electron chi connectivity index (χ0n) is 15.7. The van der Waals surface area contributed by atoms with Gasteiger partial charge >= 0.3 is 6.29 Å². The average Bonchev–Trinajstić information content (AvgIpc) is 3.15. The number of nitrogens with zero attached hydrogens (tertiary/aromatic N) is 2. The van der Waals surface area contributed by atoms with Crippen LogP contribution in [-0.4, -0.2) is 41.4 Å². The van der Waals surface area contributed by atoms with Crippen molar-refractivity contribution in [2.24, 2.45) is 5.92 Å². The maximum atomic E-state index is 13.3. The summed E-state index contributed by atoms with van der Waals surface area (Å²) in [6.45, 7) is 0.222. The quantitative estimate of drug-likeness (QED) is 0.421. The van der Waals surface area contributed by atoms with Crippen molar-refractivity contribution in [2.75, 3.05) is 13.6 Å². The van der Waals surface area contributed by atoms with Gasteiger partial charge in [-0.2, -0.15) is 0 Å². The minimum Gasteiger partial charge on any atom is -0.395 e. The van der Waals surface area contributed by atoms with E-state index in [1.165, 1.54) is 41.3 Å². The van der Waals surface area contributed by atoms with Gasteiger partial charge in [0.05, 0.1) is 4.92 Å². The van der Waals surface area contributed by atoms with Crippen molar-refractivity contribution in [3.8, 4) is 11.5 Å². The van der Waals surface area contributed by atoms with E-state index in [0.717, 1.165) is 0 Å². The number of fused-ring (bicyclic) bond motifs is 1. The Hall–Kier alpha value is -3.56. The standard InChI is InChI=1S/C20H16F2N2O6/c1-23-10-14(12-5-6-16-17(9-12)30-20(21,22)29-16)18(19(23)26)15(25)8-11-3-2-4-13(7-11)24(27)28/h2-7,9,14,18H,8,10H2,1H3/t14-,18+/m1/s1. The molecule has 1 fully saturated rings. The molecule has 2 heterocycles. The number of likely N-dealkylation sites (N-methyl/N-ethyl adjacent to an activating group) is 1. The summed E-state index contributed by atoms with van der Waals surface area (Å²) in [4.78, 5) is 37.4. The Morgan fingerprint density at radius 3 is 2.70 bits per heavy atom. The number of halogens is 2. The molecule has 0 radical (unpaired) electrons. The zero-order chi connectivity index (χ0) is 21.6. The van der Waals surface area contributed by atoms with Gasteiger partial charge < -0.3 is 14.4 Å². The van der Waals surface area contributed by atoms with E-state index >= 15 is 0 Å². The predicted molar refractivity (Wildman–Crippen MR) is 98.3 cm³/mol. The lowest BCUT2D eigenvalue weighted by atomic mass is 9.83. The van der Waals surface area contributed by atoms with E-state index in [1.807, 2.05) is 0 Å². The second-order valence-electron chi connectivity index (χ2n) is 7.25. The molecular formula is C20H16F2N2O6.